The summed E-state index contributed by atoms with van der Waals surface area (Å²) in [7, 11) is -4.79. The quantitative estimate of drug-likeness (QED) is 0.122. The summed E-state index contributed by atoms with van der Waals surface area (Å²) in [6, 6.07) is 1.85. The summed E-state index contributed by atoms with van der Waals surface area (Å²) in [5.41, 5.74) is 5.63. The number of nitrogens with two attached hydrogens (primary N) is 1. The molecule has 1 aromatic rings. The van der Waals surface area contributed by atoms with Crippen LogP contribution in [0.1, 0.15) is 23.0 Å². The lowest BCUT2D eigenvalue weighted by Crippen LogP contribution is -2.46. The number of hydrogen-bond donors (Lipinski definition) is 5. The summed E-state index contributed by atoms with van der Waals surface area (Å²) in [5, 5.41) is 20.2. The van der Waals surface area contributed by atoms with E-state index in [2.05, 4.69) is 4.52 Å². The zero-order valence-corrected chi connectivity index (χ0v) is 17.6. The largest absolute Gasteiger partial charge is 0.469 e. The van der Waals surface area contributed by atoms with Crippen LogP contribution in [0, 0.1) is 0 Å². The molecule has 0 spiro atoms. The standard InChI is InChI=1S/C16H23N2O10PS/c1-30-6-4-10(17)16(22)28-15(21)9-3-2-5-18(7-9)14-13(20)12(19)11(27-14)8-26-29(23,24)25/h2-3,5,7,10-14,19-20H,4,6,8,17H2,1H3,(H-,23,24,25)/p+1/t10-,11+,12+,13+,14+/m0/s1. The maximum atomic E-state index is 12.2. The lowest BCUT2D eigenvalue weighted by Gasteiger charge is -2.13. The minimum Gasteiger partial charge on any atom is -0.388 e. The number of carbonyl (C=O) groups is 2. The Morgan fingerprint density at radius 2 is 2.07 bits per heavy atom. The molecular formula is C16H24N2O10PS+. The van der Waals surface area contributed by atoms with Gasteiger partial charge in [0, 0.05) is 6.07 Å². The van der Waals surface area contributed by atoms with Crippen molar-refractivity contribution in [3.63, 3.8) is 0 Å². The van der Waals surface area contributed by atoms with Gasteiger partial charge in [0.05, 0.1) is 6.61 Å². The van der Waals surface area contributed by atoms with Crippen molar-refractivity contribution in [2.45, 2.75) is 37.0 Å². The number of rotatable bonds is 9. The van der Waals surface area contributed by atoms with Crippen LogP contribution in [0.3, 0.4) is 0 Å². The van der Waals surface area contributed by atoms with E-state index in [4.69, 9.17) is 25.0 Å². The SMILES string of the molecule is CSCC[C@H](N)C(=O)OC(=O)c1ccc[n+]([C@@H]2O[C@H](COP(=O)(O)O)[C@@H](O)[C@H]2O)c1. The monoisotopic (exact) mass is 467 g/mol. The molecule has 0 saturated carbocycles. The number of ether oxygens (including phenoxy) is 2. The second-order valence-electron chi connectivity index (χ2n) is 6.47. The first-order valence-corrected chi connectivity index (χ1v) is 11.7. The van der Waals surface area contributed by atoms with Crippen LogP contribution in [-0.2, 0) is 23.4 Å². The van der Waals surface area contributed by atoms with Gasteiger partial charge in [0.2, 0.25) is 0 Å². The molecule has 1 aromatic heterocycles. The molecule has 1 fully saturated rings. The molecule has 0 unspecified atom stereocenters. The van der Waals surface area contributed by atoms with Crippen molar-refractivity contribution >= 4 is 31.5 Å². The smallest absolute Gasteiger partial charge is 0.388 e. The van der Waals surface area contributed by atoms with Crippen LogP contribution < -0.4 is 10.3 Å². The molecule has 0 bridgehead atoms. The Balaban J connectivity index is 2.06. The van der Waals surface area contributed by atoms with Gasteiger partial charge in [0.15, 0.2) is 18.5 Å². The number of phosphoric acid groups is 1. The highest BCUT2D eigenvalue weighted by molar-refractivity contribution is 7.98. The van der Waals surface area contributed by atoms with Gasteiger partial charge < -0.3 is 35.2 Å². The number of thioether (sulfide) groups is 1. The number of phosphoric ester groups is 1. The number of aliphatic hydroxyl groups excluding tert-OH is 2. The van der Waals surface area contributed by atoms with Gasteiger partial charge in [-0.25, -0.2) is 14.2 Å². The fourth-order valence-corrected chi connectivity index (χ4v) is 3.47. The molecule has 1 aliphatic heterocycles. The molecular weight excluding hydrogens is 443 g/mol. The van der Waals surface area contributed by atoms with Gasteiger partial charge in [-0.1, -0.05) is 0 Å². The van der Waals surface area contributed by atoms with Gasteiger partial charge in [0.1, 0.15) is 23.8 Å². The predicted octanol–water partition coefficient (Wildman–Crippen LogP) is -1.53. The van der Waals surface area contributed by atoms with Crippen LogP contribution in [0.4, 0.5) is 0 Å². The highest BCUT2D eigenvalue weighted by Gasteiger charge is 2.49. The predicted molar refractivity (Wildman–Crippen MR) is 102 cm³/mol. The van der Waals surface area contributed by atoms with E-state index in [0.29, 0.717) is 12.2 Å². The third-order valence-corrected chi connectivity index (χ3v) is 5.35. The number of hydrogen-bond acceptors (Lipinski definition) is 10. The number of aromatic nitrogens is 1. The third-order valence-electron chi connectivity index (χ3n) is 4.22. The highest BCUT2D eigenvalue weighted by atomic mass is 32.2. The molecule has 1 saturated heterocycles. The van der Waals surface area contributed by atoms with Crippen LogP contribution >= 0.6 is 19.6 Å². The molecule has 30 heavy (non-hydrogen) atoms. The molecule has 0 amide bonds. The van der Waals surface area contributed by atoms with Crippen molar-refractivity contribution < 1.29 is 52.7 Å². The average Bonchev–Trinajstić information content (AvgIpc) is 2.98. The molecule has 0 aromatic carbocycles. The Morgan fingerprint density at radius 3 is 2.70 bits per heavy atom. The molecule has 1 aliphatic rings. The van der Waals surface area contributed by atoms with Crippen molar-refractivity contribution in [2.75, 3.05) is 18.6 Å². The van der Waals surface area contributed by atoms with Gasteiger partial charge >= 0.3 is 19.8 Å². The number of esters is 2. The number of nitrogens with zero attached hydrogens (tertiary/aromatic N) is 1. The van der Waals surface area contributed by atoms with E-state index in [1.54, 1.807) is 0 Å². The molecule has 6 N–H and O–H groups in total. The average molecular weight is 467 g/mol. The first kappa shape index (κ1) is 24.9. The van der Waals surface area contributed by atoms with Crippen LogP contribution in [0.15, 0.2) is 24.5 Å². The van der Waals surface area contributed by atoms with E-state index in [1.807, 2.05) is 6.26 Å². The maximum absolute atomic E-state index is 12.2. The minimum atomic E-state index is -4.79. The Morgan fingerprint density at radius 1 is 1.37 bits per heavy atom. The van der Waals surface area contributed by atoms with E-state index in [-0.39, 0.29) is 5.56 Å². The van der Waals surface area contributed by atoms with Crippen LogP contribution in [0.5, 0.6) is 0 Å². The number of pyridine rings is 1. The normalized spacial score (nSPS) is 25.1. The van der Waals surface area contributed by atoms with Crippen LogP contribution in [0.2, 0.25) is 0 Å². The summed E-state index contributed by atoms with van der Waals surface area (Å²) in [5.74, 6) is -1.20. The zero-order chi connectivity index (χ0) is 22.5. The van der Waals surface area contributed by atoms with E-state index in [9.17, 15) is 24.4 Å². The summed E-state index contributed by atoms with van der Waals surface area (Å²) < 4.78 is 26.6. The van der Waals surface area contributed by atoms with Gasteiger partial charge in [-0.05, 0) is 24.5 Å². The second kappa shape index (κ2) is 10.8. The third kappa shape index (κ3) is 6.80. The zero-order valence-electron chi connectivity index (χ0n) is 15.9. The van der Waals surface area contributed by atoms with Crippen LogP contribution in [0.25, 0.3) is 0 Å². The lowest BCUT2D eigenvalue weighted by molar-refractivity contribution is -0.765. The Labute approximate surface area is 176 Å². The fourth-order valence-electron chi connectivity index (χ4n) is 2.64. The van der Waals surface area contributed by atoms with Crippen molar-refractivity contribution in [3.05, 3.63) is 30.1 Å². The molecule has 2 rings (SSSR count). The van der Waals surface area contributed by atoms with E-state index in [1.165, 1.54) is 40.9 Å². The van der Waals surface area contributed by atoms with Gasteiger partial charge in [-0.3, -0.25) is 4.52 Å². The van der Waals surface area contributed by atoms with Gasteiger partial charge in [0.25, 0.3) is 6.23 Å². The van der Waals surface area contributed by atoms with Crippen molar-refractivity contribution in [3.8, 4) is 0 Å². The Bertz CT molecular complexity index is 806. The van der Waals surface area contributed by atoms with E-state index >= 15 is 0 Å². The molecule has 12 nitrogen and oxygen atoms in total. The summed E-state index contributed by atoms with van der Waals surface area (Å²) in [6.07, 6.45) is -0.528. The molecule has 0 aliphatic carbocycles. The van der Waals surface area contributed by atoms with E-state index < -0.39 is 56.9 Å². The first-order valence-electron chi connectivity index (χ1n) is 8.76. The number of carbonyl (C=O) groups excluding carboxylic acids is 2. The maximum Gasteiger partial charge on any atom is 0.469 e. The van der Waals surface area contributed by atoms with Gasteiger partial charge in [-0.15, -0.1) is 0 Å². The highest BCUT2D eigenvalue weighted by Crippen LogP contribution is 2.37. The molecule has 0 radical (unpaired) electrons. The number of aliphatic hydroxyl groups is 2. The first-order chi connectivity index (χ1) is 14.0. The summed E-state index contributed by atoms with van der Waals surface area (Å²) in [6.45, 7) is -0.663. The van der Waals surface area contributed by atoms with E-state index in [0.717, 1.165) is 0 Å². The van der Waals surface area contributed by atoms with Crippen molar-refractivity contribution in [2.24, 2.45) is 5.73 Å². The van der Waals surface area contributed by atoms with Gasteiger partial charge in [-0.2, -0.15) is 16.3 Å². The topological polar surface area (TPSA) is 190 Å². The molecule has 168 valence electrons. The van der Waals surface area contributed by atoms with Crippen molar-refractivity contribution in [1.29, 1.82) is 0 Å². The second-order valence-corrected chi connectivity index (χ2v) is 8.69. The summed E-state index contributed by atoms with van der Waals surface area (Å²) >= 11 is 1.50. The fraction of sp³-hybridized carbons (Fsp3) is 0.562. The summed E-state index contributed by atoms with van der Waals surface area (Å²) in [4.78, 5) is 41.7. The molecule has 14 heteroatoms. The Kier molecular flexibility index (Phi) is 8.91. The Hall–Kier alpha value is -1.41. The lowest BCUT2D eigenvalue weighted by atomic mass is 10.1. The minimum absolute atomic E-state index is 0.0388. The molecule has 5 atom stereocenters. The van der Waals surface area contributed by atoms with Crippen molar-refractivity contribution in [1.82, 2.24) is 0 Å². The van der Waals surface area contributed by atoms with Crippen LogP contribution in [-0.4, -0.2) is 74.9 Å². The molecule has 2 heterocycles.